The fourth-order valence-corrected chi connectivity index (χ4v) is 2.72. The van der Waals surface area contributed by atoms with E-state index in [1.54, 1.807) is 56.6 Å². The number of nitrogens with zero attached hydrogens (tertiary/aromatic N) is 1. The summed E-state index contributed by atoms with van der Waals surface area (Å²) in [6.07, 6.45) is 0.0292. The van der Waals surface area contributed by atoms with Gasteiger partial charge < -0.3 is 15.0 Å². The lowest BCUT2D eigenvalue weighted by Gasteiger charge is -2.18. The lowest BCUT2D eigenvalue weighted by atomic mass is 10.1. The van der Waals surface area contributed by atoms with Crippen molar-refractivity contribution in [3.8, 4) is 5.75 Å². The SMILES string of the molecule is COc1cccc(NC(=O)CN(C)C(=O)Cc2c(Cl)cccc2Cl)c1. The first-order chi connectivity index (χ1) is 11.9. The van der Waals surface area contributed by atoms with E-state index in [2.05, 4.69) is 5.32 Å². The van der Waals surface area contributed by atoms with Crippen LogP contribution in [-0.4, -0.2) is 37.4 Å². The van der Waals surface area contributed by atoms with E-state index < -0.39 is 0 Å². The van der Waals surface area contributed by atoms with Crippen molar-refractivity contribution in [2.24, 2.45) is 0 Å². The summed E-state index contributed by atoms with van der Waals surface area (Å²) in [6.45, 7) is -0.0852. The molecule has 2 amide bonds. The molecule has 0 aliphatic carbocycles. The van der Waals surface area contributed by atoms with E-state index in [1.165, 1.54) is 4.90 Å². The Bertz CT molecular complexity index is 760. The summed E-state index contributed by atoms with van der Waals surface area (Å²) in [5.74, 6) is 0.0701. The third-order valence-corrected chi connectivity index (χ3v) is 4.26. The topological polar surface area (TPSA) is 58.6 Å². The van der Waals surface area contributed by atoms with Crippen molar-refractivity contribution in [2.45, 2.75) is 6.42 Å². The molecule has 2 aromatic carbocycles. The van der Waals surface area contributed by atoms with Crippen molar-refractivity contribution in [3.05, 3.63) is 58.1 Å². The first kappa shape index (κ1) is 19.1. The van der Waals surface area contributed by atoms with Gasteiger partial charge in [-0.2, -0.15) is 0 Å². The second-order valence-corrected chi connectivity index (χ2v) is 6.22. The van der Waals surface area contributed by atoms with Gasteiger partial charge >= 0.3 is 0 Å². The first-order valence-electron chi connectivity index (χ1n) is 7.51. The predicted molar refractivity (Wildman–Crippen MR) is 99.4 cm³/mol. The Morgan fingerprint density at radius 3 is 2.40 bits per heavy atom. The van der Waals surface area contributed by atoms with E-state index in [9.17, 15) is 9.59 Å². The van der Waals surface area contributed by atoms with Gasteiger partial charge in [0.15, 0.2) is 0 Å². The van der Waals surface area contributed by atoms with E-state index in [0.717, 1.165) is 0 Å². The van der Waals surface area contributed by atoms with Gasteiger partial charge in [0, 0.05) is 28.8 Å². The maximum Gasteiger partial charge on any atom is 0.243 e. The monoisotopic (exact) mass is 380 g/mol. The number of nitrogens with one attached hydrogen (secondary N) is 1. The van der Waals surface area contributed by atoms with E-state index >= 15 is 0 Å². The average Bonchev–Trinajstić information content (AvgIpc) is 2.58. The number of hydrogen-bond donors (Lipinski definition) is 1. The van der Waals surface area contributed by atoms with Crippen LogP contribution in [0.1, 0.15) is 5.56 Å². The third kappa shape index (κ3) is 5.37. The van der Waals surface area contributed by atoms with Crippen LogP contribution in [0.25, 0.3) is 0 Å². The molecule has 0 radical (unpaired) electrons. The predicted octanol–water partition coefficient (Wildman–Crippen LogP) is 3.64. The molecule has 0 fully saturated rings. The summed E-state index contributed by atoms with van der Waals surface area (Å²) in [5, 5.41) is 3.58. The summed E-state index contributed by atoms with van der Waals surface area (Å²) in [6, 6.07) is 12.0. The fourth-order valence-electron chi connectivity index (χ4n) is 2.19. The first-order valence-corrected chi connectivity index (χ1v) is 8.27. The molecule has 0 aliphatic heterocycles. The zero-order chi connectivity index (χ0) is 18.4. The van der Waals surface area contributed by atoms with Crippen LogP contribution in [0.2, 0.25) is 10.0 Å². The number of amides is 2. The molecule has 132 valence electrons. The van der Waals surface area contributed by atoms with Crippen LogP contribution in [0.4, 0.5) is 5.69 Å². The van der Waals surface area contributed by atoms with Crippen LogP contribution in [0.3, 0.4) is 0 Å². The van der Waals surface area contributed by atoms with Crippen molar-refractivity contribution in [1.82, 2.24) is 4.90 Å². The highest BCUT2D eigenvalue weighted by Crippen LogP contribution is 2.25. The van der Waals surface area contributed by atoms with Crippen molar-refractivity contribution >= 4 is 40.7 Å². The number of carbonyl (C=O) groups is 2. The van der Waals surface area contributed by atoms with Gasteiger partial charge in [-0.1, -0.05) is 35.3 Å². The number of carbonyl (C=O) groups excluding carboxylic acids is 2. The standard InChI is InChI=1S/C18H18Cl2N2O3/c1-22(18(24)10-14-15(19)7-4-8-16(14)20)11-17(23)21-12-5-3-6-13(9-12)25-2/h3-9H,10-11H2,1-2H3,(H,21,23). The number of likely N-dealkylation sites (N-methyl/N-ethyl adjacent to an activating group) is 1. The molecule has 0 saturated heterocycles. The van der Waals surface area contributed by atoms with Crippen LogP contribution in [0.15, 0.2) is 42.5 Å². The summed E-state index contributed by atoms with van der Waals surface area (Å²) in [7, 11) is 3.10. The smallest absolute Gasteiger partial charge is 0.243 e. The Morgan fingerprint density at radius 1 is 1.12 bits per heavy atom. The van der Waals surface area contributed by atoms with Crippen molar-refractivity contribution < 1.29 is 14.3 Å². The lowest BCUT2D eigenvalue weighted by Crippen LogP contribution is -2.35. The number of methoxy groups -OCH3 is 1. The Morgan fingerprint density at radius 2 is 1.76 bits per heavy atom. The second kappa shape index (κ2) is 8.74. The summed E-state index contributed by atoms with van der Waals surface area (Å²) < 4.78 is 5.10. The minimum atomic E-state index is -0.311. The van der Waals surface area contributed by atoms with Crippen LogP contribution in [0.5, 0.6) is 5.75 Å². The molecule has 0 atom stereocenters. The Hall–Kier alpha value is -2.24. The van der Waals surface area contributed by atoms with E-state index in [4.69, 9.17) is 27.9 Å². The van der Waals surface area contributed by atoms with Crippen LogP contribution in [0, 0.1) is 0 Å². The largest absolute Gasteiger partial charge is 0.497 e. The molecule has 2 aromatic rings. The van der Waals surface area contributed by atoms with Gasteiger partial charge in [0.1, 0.15) is 5.75 Å². The quantitative estimate of drug-likeness (QED) is 0.831. The highest BCUT2D eigenvalue weighted by atomic mass is 35.5. The summed E-state index contributed by atoms with van der Waals surface area (Å²) >= 11 is 12.1. The van der Waals surface area contributed by atoms with E-state index in [1.807, 2.05) is 0 Å². The number of benzene rings is 2. The van der Waals surface area contributed by atoms with Crippen LogP contribution in [-0.2, 0) is 16.0 Å². The molecule has 2 rings (SSSR count). The van der Waals surface area contributed by atoms with Gasteiger partial charge in [0.2, 0.25) is 11.8 Å². The number of halogens is 2. The van der Waals surface area contributed by atoms with Crippen LogP contribution < -0.4 is 10.1 Å². The molecule has 0 aliphatic rings. The zero-order valence-corrected chi connectivity index (χ0v) is 15.4. The maximum absolute atomic E-state index is 12.3. The minimum Gasteiger partial charge on any atom is -0.497 e. The maximum atomic E-state index is 12.3. The van der Waals surface area contributed by atoms with Crippen molar-refractivity contribution in [1.29, 1.82) is 0 Å². The number of hydrogen-bond acceptors (Lipinski definition) is 3. The third-order valence-electron chi connectivity index (χ3n) is 3.55. The van der Waals surface area contributed by atoms with Crippen molar-refractivity contribution in [3.63, 3.8) is 0 Å². The Balaban J connectivity index is 1.95. The Kier molecular flexibility index (Phi) is 6.67. The molecule has 0 saturated carbocycles. The average molecular weight is 381 g/mol. The van der Waals surface area contributed by atoms with E-state index in [-0.39, 0.29) is 24.8 Å². The van der Waals surface area contributed by atoms with Gasteiger partial charge in [-0.05, 0) is 29.8 Å². The molecular weight excluding hydrogens is 363 g/mol. The molecule has 0 aromatic heterocycles. The number of rotatable bonds is 6. The molecule has 25 heavy (non-hydrogen) atoms. The highest BCUT2D eigenvalue weighted by molar-refractivity contribution is 6.36. The molecule has 0 bridgehead atoms. The molecule has 5 nitrogen and oxygen atoms in total. The molecule has 0 unspecified atom stereocenters. The van der Waals surface area contributed by atoms with Gasteiger partial charge in [0.05, 0.1) is 20.1 Å². The minimum absolute atomic E-state index is 0.0292. The summed E-state index contributed by atoms with van der Waals surface area (Å²) in [5.41, 5.74) is 1.15. The second-order valence-electron chi connectivity index (χ2n) is 5.41. The van der Waals surface area contributed by atoms with E-state index in [0.29, 0.717) is 27.0 Å². The zero-order valence-electron chi connectivity index (χ0n) is 13.9. The lowest BCUT2D eigenvalue weighted by molar-refractivity contribution is -0.132. The number of ether oxygens (including phenoxy) is 1. The molecule has 0 spiro atoms. The van der Waals surface area contributed by atoms with Gasteiger partial charge in [-0.25, -0.2) is 0 Å². The molecule has 0 heterocycles. The molecular formula is C18H18Cl2N2O3. The van der Waals surface area contributed by atoms with Gasteiger partial charge in [0.25, 0.3) is 0 Å². The van der Waals surface area contributed by atoms with Gasteiger partial charge in [-0.3, -0.25) is 9.59 Å². The number of anilines is 1. The molecule has 1 N–H and O–H groups in total. The van der Waals surface area contributed by atoms with Gasteiger partial charge in [-0.15, -0.1) is 0 Å². The highest BCUT2D eigenvalue weighted by Gasteiger charge is 2.17. The Labute approximate surface area is 156 Å². The van der Waals surface area contributed by atoms with Crippen molar-refractivity contribution in [2.75, 3.05) is 26.0 Å². The van der Waals surface area contributed by atoms with Crippen LogP contribution >= 0.6 is 23.2 Å². The molecule has 7 heteroatoms. The normalized spacial score (nSPS) is 10.2. The fraction of sp³-hybridized carbons (Fsp3) is 0.222. The summed E-state index contributed by atoms with van der Waals surface area (Å²) in [4.78, 5) is 25.8.